The fourth-order valence-corrected chi connectivity index (χ4v) is 3.01. The predicted molar refractivity (Wildman–Crippen MR) is 75.9 cm³/mol. The lowest BCUT2D eigenvalue weighted by Crippen LogP contribution is -2.37. The van der Waals surface area contributed by atoms with Crippen LogP contribution >= 0.6 is 15.9 Å². The Balaban J connectivity index is 2.22. The molecule has 1 fully saturated rings. The summed E-state index contributed by atoms with van der Waals surface area (Å²) in [5.74, 6) is -1.13. The third-order valence-electron chi connectivity index (χ3n) is 3.55. The predicted octanol–water partition coefficient (Wildman–Crippen LogP) is 3.38. The highest BCUT2D eigenvalue weighted by molar-refractivity contribution is 9.10. The summed E-state index contributed by atoms with van der Waals surface area (Å²) in [5, 5.41) is 21.7. The number of benzene rings is 1. The second kappa shape index (κ2) is 6.07. The van der Waals surface area contributed by atoms with Crippen LogP contribution in [-0.4, -0.2) is 17.1 Å². The molecule has 2 N–H and O–H groups in total. The number of carboxylic acid groups (broad SMARTS) is 1. The van der Waals surface area contributed by atoms with Crippen molar-refractivity contribution in [3.8, 4) is 6.07 Å². The van der Waals surface area contributed by atoms with Crippen molar-refractivity contribution < 1.29 is 9.90 Å². The smallest absolute Gasteiger partial charge is 0.308 e. The molecule has 0 spiro atoms. The largest absolute Gasteiger partial charge is 0.481 e. The van der Waals surface area contributed by atoms with Gasteiger partial charge in [0.2, 0.25) is 0 Å². The summed E-state index contributed by atoms with van der Waals surface area (Å²) < 4.78 is 0.725. The highest BCUT2D eigenvalue weighted by Gasteiger charge is 2.31. The number of carbonyl (C=O) groups is 1. The summed E-state index contributed by atoms with van der Waals surface area (Å²) in [6.45, 7) is 0. The van der Waals surface area contributed by atoms with Crippen molar-refractivity contribution in [1.29, 1.82) is 5.26 Å². The van der Waals surface area contributed by atoms with Crippen LogP contribution in [0.15, 0.2) is 22.7 Å². The summed E-state index contributed by atoms with van der Waals surface area (Å²) in [6, 6.07) is 7.50. The molecule has 0 aliphatic heterocycles. The molecule has 1 saturated carbocycles. The summed E-state index contributed by atoms with van der Waals surface area (Å²) in [5.41, 5.74) is 1.23. The molecule has 2 rings (SSSR count). The molecular formula is C14H15BrN2O2. The number of halogens is 1. The standard InChI is InChI=1S/C14H15BrN2O2/c15-11-5-3-7-13(10(11)8-16)17-12-6-2-1-4-9(12)14(18)19/h3,5,7,9,12,17H,1-2,4,6H2,(H,18,19). The van der Waals surface area contributed by atoms with Crippen LogP contribution in [0.25, 0.3) is 0 Å². The maximum atomic E-state index is 11.3. The summed E-state index contributed by atoms with van der Waals surface area (Å²) in [7, 11) is 0. The Morgan fingerprint density at radius 1 is 1.42 bits per heavy atom. The van der Waals surface area contributed by atoms with Crippen molar-refractivity contribution in [2.45, 2.75) is 31.7 Å². The van der Waals surface area contributed by atoms with Crippen molar-refractivity contribution in [3.05, 3.63) is 28.2 Å². The first-order valence-electron chi connectivity index (χ1n) is 6.31. The highest BCUT2D eigenvalue weighted by Crippen LogP contribution is 2.30. The van der Waals surface area contributed by atoms with Gasteiger partial charge in [0.15, 0.2) is 0 Å². The Kier molecular flexibility index (Phi) is 4.43. The zero-order valence-electron chi connectivity index (χ0n) is 10.4. The van der Waals surface area contributed by atoms with Gasteiger partial charge in [0.25, 0.3) is 0 Å². The molecule has 0 heterocycles. The lowest BCUT2D eigenvalue weighted by atomic mass is 9.84. The number of carboxylic acids is 1. The molecule has 1 aliphatic carbocycles. The molecule has 5 heteroatoms. The SMILES string of the molecule is N#Cc1c(Br)cccc1NC1CCCCC1C(=O)O. The van der Waals surface area contributed by atoms with Gasteiger partial charge in [-0.15, -0.1) is 0 Å². The molecule has 0 aromatic heterocycles. The fourth-order valence-electron chi connectivity index (χ4n) is 2.56. The molecular weight excluding hydrogens is 308 g/mol. The molecule has 19 heavy (non-hydrogen) atoms. The second-order valence-electron chi connectivity index (χ2n) is 4.75. The Labute approximate surface area is 120 Å². The second-order valence-corrected chi connectivity index (χ2v) is 5.61. The van der Waals surface area contributed by atoms with E-state index in [2.05, 4.69) is 27.3 Å². The molecule has 100 valence electrons. The summed E-state index contributed by atoms with van der Waals surface area (Å²) >= 11 is 3.34. The van der Waals surface area contributed by atoms with E-state index in [1.807, 2.05) is 12.1 Å². The van der Waals surface area contributed by atoms with E-state index >= 15 is 0 Å². The first-order chi connectivity index (χ1) is 9.13. The normalized spacial score (nSPS) is 22.5. The van der Waals surface area contributed by atoms with Gasteiger partial charge in [-0.3, -0.25) is 4.79 Å². The molecule has 0 saturated heterocycles. The quantitative estimate of drug-likeness (QED) is 0.894. The van der Waals surface area contributed by atoms with E-state index in [0.29, 0.717) is 17.7 Å². The van der Waals surface area contributed by atoms with Gasteiger partial charge in [0, 0.05) is 10.5 Å². The van der Waals surface area contributed by atoms with E-state index in [9.17, 15) is 9.90 Å². The van der Waals surface area contributed by atoms with Crippen molar-refractivity contribution in [2.24, 2.45) is 5.92 Å². The van der Waals surface area contributed by atoms with E-state index < -0.39 is 5.97 Å². The molecule has 0 bridgehead atoms. The summed E-state index contributed by atoms with van der Waals surface area (Å²) in [6.07, 6.45) is 3.51. The Morgan fingerprint density at radius 2 is 2.16 bits per heavy atom. The number of nitriles is 1. The minimum absolute atomic E-state index is 0.104. The minimum Gasteiger partial charge on any atom is -0.481 e. The van der Waals surface area contributed by atoms with Crippen LogP contribution in [0.3, 0.4) is 0 Å². The van der Waals surface area contributed by atoms with Crippen LogP contribution in [0.1, 0.15) is 31.2 Å². The molecule has 1 aromatic carbocycles. The molecule has 1 aliphatic rings. The van der Waals surface area contributed by atoms with Crippen LogP contribution < -0.4 is 5.32 Å². The van der Waals surface area contributed by atoms with Gasteiger partial charge in [0.1, 0.15) is 6.07 Å². The fraction of sp³-hybridized carbons (Fsp3) is 0.429. The van der Waals surface area contributed by atoms with Gasteiger partial charge >= 0.3 is 5.97 Å². The number of nitrogens with one attached hydrogen (secondary N) is 1. The van der Waals surface area contributed by atoms with Crippen molar-refractivity contribution in [3.63, 3.8) is 0 Å². The lowest BCUT2D eigenvalue weighted by Gasteiger charge is -2.30. The van der Waals surface area contributed by atoms with Crippen LogP contribution in [0.2, 0.25) is 0 Å². The lowest BCUT2D eigenvalue weighted by molar-refractivity contribution is -0.143. The maximum absolute atomic E-state index is 11.3. The topological polar surface area (TPSA) is 73.1 Å². The zero-order chi connectivity index (χ0) is 13.8. The number of hydrogen-bond donors (Lipinski definition) is 2. The zero-order valence-corrected chi connectivity index (χ0v) is 12.0. The first-order valence-corrected chi connectivity index (χ1v) is 7.10. The van der Waals surface area contributed by atoms with Crippen molar-refractivity contribution in [2.75, 3.05) is 5.32 Å². The van der Waals surface area contributed by atoms with Crippen LogP contribution in [-0.2, 0) is 4.79 Å². The van der Waals surface area contributed by atoms with Gasteiger partial charge in [-0.25, -0.2) is 0 Å². The van der Waals surface area contributed by atoms with Crippen molar-refractivity contribution in [1.82, 2.24) is 0 Å². The highest BCUT2D eigenvalue weighted by atomic mass is 79.9. The average molecular weight is 323 g/mol. The van der Waals surface area contributed by atoms with Gasteiger partial charge < -0.3 is 10.4 Å². The Hall–Kier alpha value is -1.54. The third kappa shape index (κ3) is 3.07. The molecule has 2 unspecified atom stereocenters. The number of rotatable bonds is 3. The molecule has 4 nitrogen and oxygen atoms in total. The molecule has 0 radical (unpaired) electrons. The van der Waals surface area contributed by atoms with E-state index in [0.717, 1.165) is 23.7 Å². The van der Waals surface area contributed by atoms with Gasteiger partial charge in [-0.1, -0.05) is 18.9 Å². The van der Waals surface area contributed by atoms with Crippen LogP contribution in [0, 0.1) is 17.2 Å². The van der Waals surface area contributed by atoms with E-state index in [4.69, 9.17) is 5.26 Å². The van der Waals surface area contributed by atoms with Crippen LogP contribution in [0.5, 0.6) is 0 Å². The van der Waals surface area contributed by atoms with Gasteiger partial charge in [0.05, 0.1) is 17.2 Å². The van der Waals surface area contributed by atoms with Gasteiger partial charge in [-0.05, 0) is 40.9 Å². The van der Waals surface area contributed by atoms with E-state index in [1.54, 1.807) is 6.07 Å². The Morgan fingerprint density at radius 3 is 2.84 bits per heavy atom. The average Bonchev–Trinajstić information content (AvgIpc) is 2.39. The van der Waals surface area contributed by atoms with E-state index in [-0.39, 0.29) is 12.0 Å². The molecule has 2 atom stereocenters. The van der Waals surface area contributed by atoms with Crippen molar-refractivity contribution >= 4 is 27.6 Å². The molecule has 1 aromatic rings. The third-order valence-corrected chi connectivity index (χ3v) is 4.21. The minimum atomic E-state index is -0.759. The first kappa shape index (κ1) is 13.9. The van der Waals surface area contributed by atoms with Gasteiger partial charge in [-0.2, -0.15) is 5.26 Å². The number of aliphatic carboxylic acids is 1. The van der Waals surface area contributed by atoms with E-state index in [1.165, 1.54) is 0 Å². The Bertz CT molecular complexity index is 525. The molecule has 0 amide bonds. The number of anilines is 1. The monoisotopic (exact) mass is 322 g/mol. The number of hydrogen-bond acceptors (Lipinski definition) is 3. The van der Waals surface area contributed by atoms with Crippen LogP contribution in [0.4, 0.5) is 5.69 Å². The summed E-state index contributed by atoms with van der Waals surface area (Å²) in [4.78, 5) is 11.3. The number of nitrogens with zero attached hydrogens (tertiary/aromatic N) is 1. The maximum Gasteiger partial charge on any atom is 0.308 e.